The Balaban J connectivity index is 2.09. The van der Waals surface area contributed by atoms with Crippen molar-refractivity contribution in [1.82, 2.24) is 0 Å². The number of hydrogen-bond acceptors (Lipinski definition) is 4. The summed E-state index contributed by atoms with van der Waals surface area (Å²) in [5.41, 5.74) is -0.412. The maximum atomic E-state index is 11.3. The van der Waals surface area contributed by atoms with Crippen LogP contribution in [0.5, 0.6) is 0 Å². The lowest BCUT2D eigenvalue weighted by molar-refractivity contribution is -0.156. The number of carbonyl (C=O) groups is 1. The first-order valence-corrected chi connectivity index (χ1v) is 6.17. The quantitative estimate of drug-likeness (QED) is 0.588. The molecule has 4 heteroatoms. The molecule has 0 aliphatic rings. The van der Waals surface area contributed by atoms with Gasteiger partial charge in [0, 0.05) is 4.88 Å². The fourth-order valence-electron chi connectivity index (χ4n) is 1.12. The van der Waals surface area contributed by atoms with Gasteiger partial charge in [-0.1, -0.05) is 6.07 Å². The summed E-state index contributed by atoms with van der Waals surface area (Å²) in [5.74, 6) is -0.210. The third kappa shape index (κ3) is 5.88. The van der Waals surface area contributed by atoms with Gasteiger partial charge in [0.1, 0.15) is 5.60 Å². The monoisotopic (exact) mass is 242 g/mol. The van der Waals surface area contributed by atoms with Crippen LogP contribution in [0.2, 0.25) is 0 Å². The molecule has 16 heavy (non-hydrogen) atoms. The van der Waals surface area contributed by atoms with E-state index in [4.69, 9.17) is 9.47 Å². The van der Waals surface area contributed by atoms with E-state index in [1.807, 2.05) is 38.3 Å². The molecule has 90 valence electrons. The van der Waals surface area contributed by atoms with Crippen molar-refractivity contribution in [3.05, 3.63) is 22.4 Å². The standard InChI is InChI=1S/C12H18O3S/c1-12(2,3)15-11(13)6-7-14-9-10-5-4-8-16-10/h4-5,8H,6-7,9H2,1-3H3. The van der Waals surface area contributed by atoms with E-state index in [0.29, 0.717) is 19.6 Å². The molecule has 0 aliphatic heterocycles. The molecule has 0 N–H and O–H groups in total. The molecule has 0 amide bonds. The maximum Gasteiger partial charge on any atom is 0.308 e. The lowest BCUT2D eigenvalue weighted by atomic mass is 10.2. The Kier molecular flexibility index (Phi) is 4.96. The summed E-state index contributed by atoms with van der Waals surface area (Å²) in [6, 6.07) is 4.00. The minimum atomic E-state index is -0.412. The summed E-state index contributed by atoms with van der Waals surface area (Å²) in [6.07, 6.45) is 0.308. The molecule has 1 aromatic rings. The Bertz CT molecular complexity index is 312. The van der Waals surface area contributed by atoms with Crippen molar-refractivity contribution in [3.8, 4) is 0 Å². The topological polar surface area (TPSA) is 35.5 Å². The SMILES string of the molecule is CC(C)(C)OC(=O)CCOCc1cccs1. The van der Waals surface area contributed by atoms with Gasteiger partial charge in [0.25, 0.3) is 0 Å². The zero-order valence-electron chi connectivity index (χ0n) is 9.99. The predicted molar refractivity (Wildman–Crippen MR) is 64.4 cm³/mol. The second-order valence-electron chi connectivity index (χ2n) is 4.47. The molecule has 0 spiro atoms. The highest BCUT2D eigenvalue weighted by molar-refractivity contribution is 7.09. The molecule has 0 saturated carbocycles. The van der Waals surface area contributed by atoms with Crippen LogP contribution in [0, 0.1) is 0 Å². The number of rotatable bonds is 5. The number of ether oxygens (including phenoxy) is 2. The first kappa shape index (κ1) is 13.2. The van der Waals surface area contributed by atoms with Crippen molar-refractivity contribution >= 4 is 17.3 Å². The highest BCUT2D eigenvalue weighted by Crippen LogP contribution is 2.11. The van der Waals surface area contributed by atoms with Gasteiger partial charge in [-0.25, -0.2) is 0 Å². The maximum absolute atomic E-state index is 11.3. The number of esters is 1. The molecule has 0 aromatic carbocycles. The van der Waals surface area contributed by atoms with Gasteiger partial charge in [0.2, 0.25) is 0 Å². The molecule has 0 atom stereocenters. The highest BCUT2D eigenvalue weighted by atomic mass is 32.1. The van der Waals surface area contributed by atoms with Crippen molar-refractivity contribution in [1.29, 1.82) is 0 Å². The molecule has 0 bridgehead atoms. The van der Waals surface area contributed by atoms with E-state index < -0.39 is 5.60 Å². The van der Waals surface area contributed by atoms with Gasteiger partial charge in [-0.3, -0.25) is 4.79 Å². The molecule has 1 aromatic heterocycles. The fourth-order valence-corrected chi connectivity index (χ4v) is 1.76. The summed E-state index contributed by atoms with van der Waals surface area (Å²) in [7, 11) is 0. The Morgan fingerprint density at radius 1 is 1.44 bits per heavy atom. The molecule has 3 nitrogen and oxygen atoms in total. The molecule has 0 unspecified atom stereocenters. The Morgan fingerprint density at radius 3 is 2.75 bits per heavy atom. The second-order valence-corrected chi connectivity index (χ2v) is 5.50. The van der Waals surface area contributed by atoms with Crippen molar-refractivity contribution in [2.24, 2.45) is 0 Å². The Labute approximate surface area is 100 Å². The minimum absolute atomic E-state index is 0.210. The van der Waals surface area contributed by atoms with E-state index >= 15 is 0 Å². The summed E-state index contributed by atoms with van der Waals surface area (Å²) >= 11 is 1.65. The Morgan fingerprint density at radius 2 is 2.19 bits per heavy atom. The van der Waals surface area contributed by atoms with E-state index in [1.54, 1.807) is 11.3 Å². The van der Waals surface area contributed by atoms with Crippen LogP contribution in [0.4, 0.5) is 0 Å². The van der Waals surface area contributed by atoms with Gasteiger partial charge in [-0.05, 0) is 32.2 Å². The zero-order valence-corrected chi connectivity index (χ0v) is 10.8. The minimum Gasteiger partial charge on any atom is -0.460 e. The zero-order chi connectivity index (χ0) is 12.0. The van der Waals surface area contributed by atoms with Gasteiger partial charge >= 0.3 is 5.97 Å². The lowest BCUT2D eigenvalue weighted by Gasteiger charge is -2.19. The Hall–Kier alpha value is -0.870. The van der Waals surface area contributed by atoms with Gasteiger partial charge in [0.05, 0.1) is 19.6 Å². The summed E-state index contributed by atoms with van der Waals surface area (Å²) in [6.45, 7) is 6.56. The van der Waals surface area contributed by atoms with Crippen LogP contribution >= 0.6 is 11.3 Å². The highest BCUT2D eigenvalue weighted by Gasteiger charge is 2.15. The van der Waals surface area contributed by atoms with Crippen LogP contribution in [0.1, 0.15) is 32.1 Å². The predicted octanol–water partition coefficient (Wildman–Crippen LogP) is 3.00. The van der Waals surface area contributed by atoms with Crippen LogP contribution in [0.25, 0.3) is 0 Å². The van der Waals surface area contributed by atoms with Crippen LogP contribution in [-0.4, -0.2) is 18.2 Å². The van der Waals surface area contributed by atoms with Gasteiger partial charge in [0.15, 0.2) is 0 Å². The van der Waals surface area contributed by atoms with E-state index in [-0.39, 0.29) is 5.97 Å². The van der Waals surface area contributed by atoms with Crippen LogP contribution in [-0.2, 0) is 20.9 Å². The normalized spacial score (nSPS) is 11.4. The van der Waals surface area contributed by atoms with Gasteiger partial charge < -0.3 is 9.47 Å². The smallest absolute Gasteiger partial charge is 0.308 e. The fraction of sp³-hybridized carbons (Fsp3) is 0.583. The van der Waals surface area contributed by atoms with Crippen molar-refractivity contribution < 1.29 is 14.3 Å². The van der Waals surface area contributed by atoms with Crippen LogP contribution in [0.15, 0.2) is 17.5 Å². The van der Waals surface area contributed by atoms with E-state index in [0.717, 1.165) is 0 Å². The van der Waals surface area contributed by atoms with E-state index in [9.17, 15) is 4.79 Å². The lowest BCUT2D eigenvalue weighted by Crippen LogP contribution is -2.24. The molecular weight excluding hydrogens is 224 g/mol. The van der Waals surface area contributed by atoms with Crippen molar-refractivity contribution in [2.75, 3.05) is 6.61 Å². The van der Waals surface area contributed by atoms with Gasteiger partial charge in [-0.15, -0.1) is 11.3 Å². The average molecular weight is 242 g/mol. The number of hydrogen-bond donors (Lipinski definition) is 0. The summed E-state index contributed by atoms with van der Waals surface area (Å²) in [4.78, 5) is 12.5. The average Bonchev–Trinajstić information content (AvgIpc) is 2.62. The van der Waals surface area contributed by atoms with Crippen molar-refractivity contribution in [3.63, 3.8) is 0 Å². The molecule has 0 aliphatic carbocycles. The summed E-state index contributed by atoms with van der Waals surface area (Å²) in [5, 5.41) is 2.01. The number of thiophene rings is 1. The first-order chi connectivity index (χ1) is 7.47. The molecule has 0 fully saturated rings. The van der Waals surface area contributed by atoms with Crippen molar-refractivity contribution in [2.45, 2.75) is 39.4 Å². The summed E-state index contributed by atoms with van der Waals surface area (Å²) < 4.78 is 10.5. The molecule has 0 radical (unpaired) electrons. The molecule has 1 rings (SSSR count). The third-order valence-electron chi connectivity index (χ3n) is 1.69. The molecule has 0 saturated heterocycles. The third-order valence-corrected chi connectivity index (χ3v) is 2.54. The van der Waals surface area contributed by atoms with Gasteiger partial charge in [-0.2, -0.15) is 0 Å². The number of carbonyl (C=O) groups excluding carboxylic acids is 1. The van der Waals surface area contributed by atoms with Crippen LogP contribution < -0.4 is 0 Å². The molecular formula is C12H18O3S. The largest absolute Gasteiger partial charge is 0.460 e. The van der Waals surface area contributed by atoms with E-state index in [1.165, 1.54) is 4.88 Å². The van der Waals surface area contributed by atoms with E-state index in [2.05, 4.69) is 0 Å². The van der Waals surface area contributed by atoms with Crippen LogP contribution in [0.3, 0.4) is 0 Å². The second kappa shape index (κ2) is 6.01. The first-order valence-electron chi connectivity index (χ1n) is 5.29. The molecule has 1 heterocycles.